The third-order valence-electron chi connectivity index (χ3n) is 2.69. The number of alkyl halides is 1. The lowest BCUT2D eigenvalue weighted by atomic mass is 9.87. The average Bonchev–Trinajstić information content (AvgIpc) is 2.48. The molecule has 1 unspecified atom stereocenters. The fraction of sp³-hybridized carbons (Fsp3) is 0.700. The normalized spacial score (nSPS) is 27.4. The van der Waals surface area contributed by atoms with E-state index in [0.29, 0.717) is 12.3 Å². The second kappa shape index (κ2) is 4.14. The number of hydrogen-bond acceptors (Lipinski definition) is 1. The van der Waals surface area contributed by atoms with E-state index in [1.165, 1.54) is 0 Å². The van der Waals surface area contributed by atoms with Gasteiger partial charge < -0.3 is 5.32 Å². The summed E-state index contributed by atoms with van der Waals surface area (Å²) in [5, 5.41) is 3.02. The van der Waals surface area contributed by atoms with Gasteiger partial charge in [0.05, 0.1) is 0 Å². The molecule has 1 fully saturated rings. The van der Waals surface area contributed by atoms with Gasteiger partial charge in [0.1, 0.15) is 0 Å². The van der Waals surface area contributed by atoms with Crippen LogP contribution in [0.1, 0.15) is 32.6 Å². The third kappa shape index (κ3) is 2.47. The van der Waals surface area contributed by atoms with Crippen LogP contribution in [-0.4, -0.2) is 17.3 Å². The molecule has 13 heavy (non-hydrogen) atoms. The summed E-state index contributed by atoms with van der Waals surface area (Å²) >= 11 is 5.67. The summed E-state index contributed by atoms with van der Waals surface area (Å²) in [6.45, 7) is 5.96. The van der Waals surface area contributed by atoms with Crippen LogP contribution in [0.15, 0.2) is 12.2 Å². The summed E-state index contributed by atoms with van der Waals surface area (Å²) in [7, 11) is 0. The van der Waals surface area contributed by atoms with Crippen molar-refractivity contribution in [1.82, 2.24) is 5.32 Å². The van der Waals surface area contributed by atoms with Crippen LogP contribution in [0.25, 0.3) is 0 Å². The molecule has 0 aliphatic carbocycles. The Labute approximate surface area is 84.3 Å². The minimum atomic E-state index is -0.0525. The molecular formula is C10H16ClNO. The van der Waals surface area contributed by atoms with Crippen molar-refractivity contribution in [2.24, 2.45) is 0 Å². The van der Waals surface area contributed by atoms with Gasteiger partial charge in [-0.2, -0.15) is 0 Å². The highest BCUT2D eigenvalue weighted by molar-refractivity contribution is 6.19. The smallest absolute Gasteiger partial charge is 0.220 e. The zero-order chi connectivity index (χ0) is 9.90. The van der Waals surface area contributed by atoms with E-state index in [4.69, 9.17) is 11.6 Å². The zero-order valence-corrected chi connectivity index (χ0v) is 8.78. The molecule has 0 saturated carbocycles. The van der Waals surface area contributed by atoms with E-state index >= 15 is 0 Å². The minimum absolute atomic E-state index is 0.0525. The van der Waals surface area contributed by atoms with Crippen molar-refractivity contribution >= 4 is 17.5 Å². The van der Waals surface area contributed by atoms with Crippen LogP contribution in [0, 0.1) is 0 Å². The predicted molar refractivity (Wildman–Crippen MR) is 54.9 cm³/mol. The van der Waals surface area contributed by atoms with Gasteiger partial charge in [-0.05, 0) is 19.3 Å². The lowest BCUT2D eigenvalue weighted by Crippen LogP contribution is -2.41. The number of carbonyl (C=O) groups is 1. The summed E-state index contributed by atoms with van der Waals surface area (Å²) < 4.78 is 0. The van der Waals surface area contributed by atoms with Crippen LogP contribution in [0.3, 0.4) is 0 Å². The van der Waals surface area contributed by atoms with Gasteiger partial charge in [-0.3, -0.25) is 4.79 Å². The Morgan fingerprint density at radius 1 is 1.77 bits per heavy atom. The van der Waals surface area contributed by atoms with Crippen LogP contribution in [-0.2, 0) is 4.79 Å². The summed E-state index contributed by atoms with van der Waals surface area (Å²) in [5.74, 6) is 0.640. The lowest BCUT2D eigenvalue weighted by molar-refractivity contribution is -0.119. The van der Waals surface area contributed by atoms with E-state index < -0.39 is 0 Å². The first-order valence-electron chi connectivity index (χ1n) is 4.65. The quantitative estimate of drug-likeness (QED) is 0.549. The van der Waals surface area contributed by atoms with Crippen molar-refractivity contribution in [2.45, 2.75) is 38.1 Å². The van der Waals surface area contributed by atoms with Gasteiger partial charge >= 0.3 is 0 Å². The highest BCUT2D eigenvalue weighted by Gasteiger charge is 2.35. The van der Waals surface area contributed by atoms with Gasteiger partial charge in [0.15, 0.2) is 0 Å². The molecule has 1 N–H and O–H groups in total. The summed E-state index contributed by atoms with van der Waals surface area (Å²) in [6.07, 6.45) is 3.33. The van der Waals surface area contributed by atoms with E-state index in [1.54, 1.807) is 0 Å². The molecule has 0 radical (unpaired) electrons. The standard InChI is InChI=1S/C10H16ClNO/c1-3-10(6-8(2)7-11)5-4-9(13)12-10/h2-7H2,1H3,(H,12,13). The molecule has 74 valence electrons. The van der Waals surface area contributed by atoms with Crippen molar-refractivity contribution in [1.29, 1.82) is 0 Å². The monoisotopic (exact) mass is 201 g/mol. The number of halogens is 1. The number of amides is 1. The molecule has 0 aromatic carbocycles. The number of rotatable bonds is 4. The Bertz CT molecular complexity index is 227. The van der Waals surface area contributed by atoms with Crippen molar-refractivity contribution in [3.63, 3.8) is 0 Å². The van der Waals surface area contributed by atoms with E-state index in [0.717, 1.165) is 24.8 Å². The second-order valence-electron chi connectivity index (χ2n) is 3.74. The van der Waals surface area contributed by atoms with E-state index in [1.807, 2.05) is 0 Å². The van der Waals surface area contributed by atoms with Gasteiger partial charge in [-0.15, -0.1) is 11.6 Å². The molecule has 1 aliphatic heterocycles. The highest BCUT2D eigenvalue weighted by Crippen LogP contribution is 2.30. The first-order chi connectivity index (χ1) is 6.12. The molecule has 1 atom stereocenters. The fourth-order valence-electron chi connectivity index (χ4n) is 1.82. The Balaban J connectivity index is 2.60. The van der Waals surface area contributed by atoms with Crippen molar-refractivity contribution in [2.75, 3.05) is 5.88 Å². The minimum Gasteiger partial charge on any atom is -0.350 e. The van der Waals surface area contributed by atoms with Gasteiger partial charge in [0.25, 0.3) is 0 Å². The maximum Gasteiger partial charge on any atom is 0.220 e. The molecule has 1 rings (SSSR count). The molecule has 1 heterocycles. The Kier molecular flexibility index (Phi) is 3.37. The molecule has 1 saturated heterocycles. The predicted octanol–water partition coefficient (Wildman–Crippen LogP) is 2.23. The van der Waals surface area contributed by atoms with Crippen LogP contribution >= 0.6 is 11.6 Å². The molecular weight excluding hydrogens is 186 g/mol. The largest absolute Gasteiger partial charge is 0.350 e. The van der Waals surface area contributed by atoms with Crippen LogP contribution < -0.4 is 5.32 Å². The number of nitrogens with one attached hydrogen (secondary N) is 1. The molecule has 1 amide bonds. The summed E-state index contributed by atoms with van der Waals surface area (Å²) in [6, 6.07) is 0. The Hall–Kier alpha value is -0.500. The van der Waals surface area contributed by atoms with Crippen LogP contribution in [0.4, 0.5) is 0 Å². The molecule has 0 aromatic rings. The van der Waals surface area contributed by atoms with Gasteiger partial charge in [-0.1, -0.05) is 19.1 Å². The highest BCUT2D eigenvalue weighted by atomic mass is 35.5. The van der Waals surface area contributed by atoms with Crippen LogP contribution in [0.5, 0.6) is 0 Å². The Morgan fingerprint density at radius 3 is 2.85 bits per heavy atom. The maximum atomic E-state index is 11.1. The molecule has 0 bridgehead atoms. The van der Waals surface area contributed by atoms with Gasteiger partial charge in [0.2, 0.25) is 5.91 Å². The molecule has 1 aliphatic rings. The number of carbonyl (C=O) groups excluding carboxylic acids is 1. The van der Waals surface area contributed by atoms with E-state index in [-0.39, 0.29) is 11.4 Å². The third-order valence-corrected chi connectivity index (χ3v) is 3.07. The molecule has 0 aromatic heterocycles. The van der Waals surface area contributed by atoms with Crippen molar-refractivity contribution in [3.05, 3.63) is 12.2 Å². The fourth-order valence-corrected chi connectivity index (χ4v) is 1.92. The van der Waals surface area contributed by atoms with E-state index in [9.17, 15) is 4.79 Å². The lowest BCUT2D eigenvalue weighted by Gasteiger charge is -2.28. The average molecular weight is 202 g/mol. The molecule has 0 spiro atoms. The SMILES string of the molecule is C=C(CCl)CC1(CC)CCC(=O)N1. The second-order valence-corrected chi connectivity index (χ2v) is 4.01. The molecule has 3 heteroatoms. The first-order valence-corrected chi connectivity index (χ1v) is 5.19. The maximum absolute atomic E-state index is 11.1. The topological polar surface area (TPSA) is 29.1 Å². The first kappa shape index (κ1) is 10.6. The summed E-state index contributed by atoms with van der Waals surface area (Å²) in [4.78, 5) is 11.1. The Morgan fingerprint density at radius 2 is 2.46 bits per heavy atom. The van der Waals surface area contributed by atoms with Crippen molar-refractivity contribution < 1.29 is 4.79 Å². The van der Waals surface area contributed by atoms with Crippen molar-refractivity contribution in [3.8, 4) is 0 Å². The van der Waals surface area contributed by atoms with Gasteiger partial charge in [-0.25, -0.2) is 0 Å². The number of hydrogen-bond donors (Lipinski definition) is 1. The van der Waals surface area contributed by atoms with Crippen LogP contribution in [0.2, 0.25) is 0 Å². The molecule has 2 nitrogen and oxygen atoms in total. The summed E-state index contributed by atoms with van der Waals surface area (Å²) in [5.41, 5.74) is 0.953. The van der Waals surface area contributed by atoms with Gasteiger partial charge in [0, 0.05) is 17.8 Å². The zero-order valence-electron chi connectivity index (χ0n) is 8.03. The van der Waals surface area contributed by atoms with E-state index in [2.05, 4.69) is 18.8 Å².